The van der Waals surface area contributed by atoms with Gasteiger partial charge < -0.3 is 10.3 Å². The summed E-state index contributed by atoms with van der Waals surface area (Å²) in [7, 11) is 0. The minimum atomic E-state index is -0.314. The van der Waals surface area contributed by atoms with Crippen molar-refractivity contribution in [1.82, 2.24) is 4.98 Å². The molecular formula is C16H13FN2O. The number of aromatic amines is 1. The topological polar surface area (TPSA) is 44.9 Å². The first kappa shape index (κ1) is 12.4. The molecule has 100 valence electrons. The average Bonchev–Trinajstić information content (AvgIpc) is 2.84. The standard InChI is InChI=1S/C16H13FN2O/c17-13-7-4-8-14-16(13)11(10-18-14)9-15(20)19-12-5-2-1-3-6-12/h1-8,10,18H,9H2,(H,19,20). The molecule has 3 aromatic rings. The van der Waals surface area contributed by atoms with Crippen molar-refractivity contribution >= 4 is 22.5 Å². The van der Waals surface area contributed by atoms with Gasteiger partial charge in [-0.3, -0.25) is 4.79 Å². The zero-order valence-corrected chi connectivity index (χ0v) is 10.7. The van der Waals surface area contributed by atoms with Crippen LogP contribution in [0.5, 0.6) is 0 Å². The highest BCUT2D eigenvalue weighted by Gasteiger charge is 2.12. The lowest BCUT2D eigenvalue weighted by molar-refractivity contribution is -0.115. The van der Waals surface area contributed by atoms with Gasteiger partial charge in [-0.25, -0.2) is 4.39 Å². The largest absolute Gasteiger partial charge is 0.361 e. The molecule has 1 amide bonds. The molecule has 2 N–H and O–H groups in total. The fourth-order valence-corrected chi connectivity index (χ4v) is 2.25. The molecule has 4 heteroatoms. The first-order chi connectivity index (χ1) is 9.74. The smallest absolute Gasteiger partial charge is 0.228 e. The van der Waals surface area contributed by atoms with Crippen LogP contribution in [-0.4, -0.2) is 10.9 Å². The molecule has 0 bridgehead atoms. The maximum Gasteiger partial charge on any atom is 0.228 e. The lowest BCUT2D eigenvalue weighted by atomic mass is 10.1. The van der Waals surface area contributed by atoms with E-state index >= 15 is 0 Å². The number of amides is 1. The second kappa shape index (κ2) is 5.17. The van der Waals surface area contributed by atoms with Crippen molar-refractivity contribution in [3.8, 4) is 0 Å². The van der Waals surface area contributed by atoms with Gasteiger partial charge in [-0.15, -0.1) is 0 Å². The van der Waals surface area contributed by atoms with Gasteiger partial charge in [-0.05, 0) is 29.8 Å². The number of nitrogens with one attached hydrogen (secondary N) is 2. The molecule has 0 fully saturated rings. The Kier molecular flexibility index (Phi) is 3.21. The van der Waals surface area contributed by atoms with Gasteiger partial charge in [0.05, 0.1) is 6.42 Å². The zero-order chi connectivity index (χ0) is 13.9. The molecule has 20 heavy (non-hydrogen) atoms. The third-order valence-corrected chi connectivity index (χ3v) is 3.15. The summed E-state index contributed by atoms with van der Waals surface area (Å²) in [6.07, 6.45) is 1.81. The summed E-state index contributed by atoms with van der Waals surface area (Å²) < 4.78 is 13.8. The molecule has 1 aromatic heterocycles. The number of benzene rings is 2. The Hall–Kier alpha value is -2.62. The van der Waals surface area contributed by atoms with Crippen LogP contribution in [0.3, 0.4) is 0 Å². The first-order valence-electron chi connectivity index (χ1n) is 6.33. The van der Waals surface area contributed by atoms with E-state index in [0.29, 0.717) is 16.5 Å². The quantitative estimate of drug-likeness (QED) is 0.750. The van der Waals surface area contributed by atoms with Gasteiger partial charge in [0.15, 0.2) is 0 Å². The maximum absolute atomic E-state index is 13.8. The minimum Gasteiger partial charge on any atom is -0.361 e. The molecule has 0 saturated carbocycles. The zero-order valence-electron chi connectivity index (χ0n) is 10.7. The summed E-state index contributed by atoms with van der Waals surface area (Å²) in [6.45, 7) is 0. The van der Waals surface area contributed by atoms with E-state index in [-0.39, 0.29) is 18.1 Å². The molecule has 0 aliphatic carbocycles. The molecule has 0 aliphatic heterocycles. The van der Waals surface area contributed by atoms with Gasteiger partial charge in [0.2, 0.25) is 5.91 Å². The number of H-pyrrole nitrogens is 1. The van der Waals surface area contributed by atoms with Gasteiger partial charge in [0.25, 0.3) is 0 Å². The van der Waals surface area contributed by atoms with Crippen LogP contribution >= 0.6 is 0 Å². The van der Waals surface area contributed by atoms with E-state index in [9.17, 15) is 9.18 Å². The normalized spacial score (nSPS) is 10.7. The molecule has 0 unspecified atom stereocenters. The van der Waals surface area contributed by atoms with Crippen molar-refractivity contribution in [1.29, 1.82) is 0 Å². The lowest BCUT2D eigenvalue weighted by Crippen LogP contribution is -2.14. The second-order valence-electron chi connectivity index (χ2n) is 4.57. The van der Waals surface area contributed by atoms with Gasteiger partial charge in [0, 0.05) is 22.8 Å². The first-order valence-corrected chi connectivity index (χ1v) is 6.33. The van der Waals surface area contributed by atoms with Crippen LogP contribution in [0.15, 0.2) is 54.7 Å². The molecule has 1 heterocycles. The van der Waals surface area contributed by atoms with Crippen molar-refractivity contribution in [3.63, 3.8) is 0 Å². The summed E-state index contributed by atoms with van der Waals surface area (Å²) in [5.41, 5.74) is 2.09. The molecule has 0 saturated heterocycles. The number of aromatic nitrogens is 1. The Bertz CT molecular complexity index is 750. The molecule has 3 rings (SSSR count). The number of carbonyl (C=O) groups excluding carboxylic acids is 1. The number of carbonyl (C=O) groups is 1. The number of hydrogen-bond donors (Lipinski definition) is 2. The third kappa shape index (κ3) is 2.40. The van der Waals surface area contributed by atoms with E-state index in [4.69, 9.17) is 0 Å². The molecule has 3 nitrogen and oxygen atoms in total. The van der Waals surface area contributed by atoms with E-state index in [1.54, 1.807) is 18.3 Å². The van der Waals surface area contributed by atoms with Crippen molar-refractivity contribution in [2.45, 2.75) is 6.42 Å². The molecule has 0 aliphatic rings. The lowest BCUT2D eigenvalue weighted by Gasteiger charge is -2.04. The number of fused-ring (bicyclic) bond motifs is 1. The van der Waals surface area contributed by atoms with Gasteiger partial charge >= 0.3 is 0 Å². The molecule has 0 spiro atoms. The summed E-state index contributed by atoms with van der Waals surface area (Å²) in [5, 5.41) is 3.27. The fourth-order valence-electron chi connectivity index (χ4n) is 2.25. The van der Waals surface area contributed by atoms with Crippen LogP contribution < -0.4 is 5.32 Å². The van der Waals surface area contributed by atoms with Crippen LogP contribution in [0.2, 0.25) is 0 Å². The van der Waals surface area contributed by atoms with Crippen molar-refractivity contribution < 1.29 is 9.18 Å². The summed E-state index contributed by atoms with van der Waals surface area (Å²) >= 11 is 0. The van der Waals surface area contributed by atoms with E-state index in [2.05, 4.69) is 10.3 Å². The molecular weight excluding hydrogens is 255 g/mol. The van der Waals surface area contributed by atoms with Gasteiger partial charge in [-0.1, -0.05) is 24.3 Å². The summed E-state index contributed by atoms with van der Waals surface area (Å²) in [5.74, 6) is -0.480. The maximum atomic E-state index is 13.8. The number of hydrogen-bond acceptors (Lipinski definition) is 1. The Morgan fingerprint density at radius 1 is 1.10 bits per heavy atom. The number of para-hydroxylation sites is 1. The highest BCUT2D eigenvalue weighted by Crippen LogP contribution is 2.22. The third-order valence-electron chi connectivity index (χ3n) is 3.15. The number of halogens is 1. The minimum absolute atomic E-state index is 0.135. The van der Waals surface area contributed by atoms with Crippen LogP contribution in [0.1, 0.15) is 5.56 Å². The molecule has 0 radical (unpaired) electrons. The summed E-state index contributed by atoms with van der Waals surface area (Å²) in [4.78, 5) is 15.0. The van der Waals surface area contributed by atoms with E-state index in [0.717, 1.165) is 5.69 Å². The highest BCUT2D eigenvalue weighted by molar-refractivity contribution is 5.95. The van der Waals surface area contributed by atoms with Crippen LogP contribution in [0.25, 0.3) is 10.9 Å². The van der Waals surface area contributed by atoms with Crippen LogP contribution in [-0.2, 0) is 11.2 Å². The highest BCUT2D eigenvalue weighted by atomic mass is 19.1. The van der Waals surface area contributed by atoms with Gasteiger partial charge in [0.1, 0.15) is 5.82 Å². The predicted octanol–water partition coefficient (Wildman–Crippen LogP) is 3.49. The SMILES string of the molecule is O=C(Cc1c[nH]c2cccc(F)c12)Nc1ccccc1. The fraction of sp³-hybridized carbons (Fsp3) is 0.0625. The Morgan fingerprint density at radius 2 is 1.90 bits per heavy atom. The van der Waals surface area contributed by atoms with Crippen LogP contribution in [0, 0.1) is 5.82 Å². The number of rotatable bonds is 3. The summed E-state index contributed by atoms with van der Waals surface area (Å²) in [6, 6.07) is 14.0. The van der Waals surface area contributed by atoms with E-state index < -0.39 is 0 Å². The van der Waals surface area contributed by atoms with Gasteiger partial charge in [-0.2, -0.15) is 0 Å². The average molecular weight is 268 g/mol. The Balaban J connectivity index is 1.81. The predicted molar refractivity (Wildman–Crippen MR) is 77.0 cm³/mol. The molecule has 2 aromatic carbocycles. The van der Waals surface area contributed by atoms with E-state index in [1.165, 1.54) is 6.07 Å². The Morgan fingerprint density at radius 3 is 2.70 bits per heavy atom. The number of anilines is 1. The Labute approximate surface area is 115 Å². The van der Waals surface area contributed by atoms with E-state index in [1.807, 2.05) is 30.3 Å². The second-order valence-corrected chi connectivity index (χ2v) is 4.57. The van der Waals surface area contributed by atoms with Crippen molar-refractivity contribution in [3.05, 3.63) is 66.1 Å². The molecule has 0 atom stereocenters. The van der Waals surface area contributed by atoms with Crippen molar-refractivity contribution in [2.75, 3.05) is 5.32 Å². The van der Waals surface area contributed by atoms with Crippen LogP contribution in [0.4, 0.5) is 10.1 Å². The van der Waals surface area contributed by atoms with Crippen molar-refractivity contribution in [2.24, 2.45) is 0 Å². The monoisotopic (exact) mass is 268 g/mol.